The molecule has 0 unspecified atom stereocenters. The predicted molar refractivity (Wildman–Crippen MR) is 159 cm³/mol. The lowest BCUT2D eigenvalue weighted by Crippen LogP contribution is -2.61. The molecule has 2 saturated heterocycles. The highest BCUT2D eigenvalue weighted by Gasteiger charge is 2.46. The number of nitrogens with zero attached hydrogens (tertiary/aromatic N) is 6. The van der Waals surface area contributed by atoms with E-state index in [1.54, 1.807) is 41.4 Å². The quantitative estimate of drug-likeness (QED) is 0.292. The zero-order valence-electron chi connectivity index (χ0n) is 24.9. The van der Waals surface area contributed by atoms with Gasteiger partial charge in [0.1, 0.15) is 40.9 Å². The zero-order valence-corrected chi connectivity index (χ0v) is 24.9. The lowest BCUT2D eigenvalue weighted by molar-refractivity contribution is 0.00589. The van der Waals surface area contributed by atoms with Crippen molar-refractivity contribution in [2.75, 3.05) is 31.1 Å². The van der Waals surface area contributed by atoms with Crippen LogP contribution in [0, 0.1) is 17.0 Å². The third kappa shape index (κ3) is 6.15. The van der Waals surface area contributed by atoms with Gasteiger partial charge in [-0.25, -0.2) is 23.4 Å². The Labute approximate surface area is 253 Å². The maximum atomic E-state index is 14.1. The van der Waals surface area contributed by atoms with Gasteiger partial charge in [-0.15, -0.1) is 0 Å². The van der Waals surface area contributed by atoms with Gasteiger partial charge in [0, 0.05) is 49.4 Å². The van der Waals surface area contributed by atoms with E-state index < -0.39 is 22.9 Å². The summed E-state index contributed by atoms with van der Waals surface area (Å²) in [6.45, 7) is 8.46. The Morgan fingerprint density at radius 1 is 0.977 bits per heavy atom. The molecule has 2 fully saturated rings. The van der Waals surface area contributed by atoms with Crippen LogP contribution in [0.25, 0.3) is 5.69 Å². The molecule has 0 N–H and O–H groups in total. The third-order valence-electron chi connectivity index (χ3n) is 8.01. The second-order valence-electron chi connectivity index (χ2n) is 12.4. The lowest BCUT2D eigenvalue weighted by Gasteiger charge is -2.54. The summed E-state index contributed by atoms with van der Waals surface area (Å²) in [5, 5.41) is 4.11. The number of anilines is 1. The van der Waals surface area contributed by atoms with Gasteiger partial charge in [-0.05, 0) is 76.1 Å². The molecule has 0 saturated carbocycles. The first-order valence-corrected chi connectivity index (χ1v) is 14.5. The van der Waals surface area contributed by atoms with Gasteiger partial charge in [-0.1, -0.05) is 6.07 Å². The standard InChI is InChI=1S/C32H34F2N6O4/c1-31(2,3)44-30(42)37-15-12-32(13-16-37)19-39(20-32)28-17-24(11-14-35-28)43-23-9-7-22(8-10-23)40-29(41)38(21-36-40)18-25-26(33)5-4-6-27(25)34/h4-11,14,17,21H,12-13,15-16,18-20H2,1-3H3. The number of carbonyl (C=O) groups excluding carboxylic acids is 1. The van der Waals surface area contributed by atoms with Gasteiger partial charge in [-0.3, -0.25) is 4.57 Å². The van der Waals surface area contributed by atoms with Crippen molar-refractivity contribution < 1.29 is 23.0 Å². The molecule has 230 valence electrons. The number of carbonyl (C=O) groups is 1. The topological polar surface area (TPSA) is 94.7 Å². The Kier molecular flexibility index (Phi) is 7.60. The molecule has 1 spiro atoms. The van der Waals surface area contributed by atoms with Crippen molar-refractivity contribution in [2.45, 2.75) is 45.8 Å². The smallest absolute Gasteiger partial charge is 0.410 e. The van der Waals surface area contributed by atoms with Crippen LogP contribution in [0.1, 0.15) is 39.2 Å². The zero-order chi connectivity index (χ0) is 31.1. The summed E-state index contributed by atoms with van der Waals surface area (Å²) >= 11 is 0. The number of amides is 1. The van der Waals surface area contributed by atoms with Crippen molar-refractivity contribution in [3.63, 3.8) is 0 Å². The van der Waals surface area contributed by atoms with E-state index in [-0.39, 0.29) is 23.6 Å². The Hall–Kier alpha value is -4.74. The van der Waals surface area contributed by atoms with Crippen molar-refractivity contribution >= 4 is 11.9 Å². The van der Waals surface area contributed by atoms with Crippen LogP contribution in [0.2, 0.25) is 0 Å². The Balaban J connectivity index is 1.05. The van der Waals surface area contributed by atoms with Crippen LogP contribution in [-0.4, -0.2) is 62.1 Å². The highest BCUT2D eigenvalue weighted by atomic mass is 19.1. The average molecular weight is 605 g/mol. The second kappa shape index (κ2) is 11.4. The first kappa shape index (κ1) is 29.3. The van der Waals surface area contributed by atoms with E-state index >= 15 is 0 Å². The number of likely N-dealkylation sites (tertiary alicyclic amines) is 1. The molecule has 2 aromatic heterocycles. The number of pyridine rings is 1. The molecule has 2 aromatic carbocycles. The van der Waals surface area contributed by atoms with Crippen LogP contribution in [0.15, 0.2) is 71.9 Å². The molecule has 0 bridgehead atoms. The van der Waals surface area contributed by atoms with Crippen molar-refractivity contribution in [3.8, 4) is 17.2 Å². The van der Waals surface area contributed by atoms with Gasteiger partial charge < -0.3 is 19.3 Å². The minimum atomic E-state index is -0.723. The molecule has 4 aromatic rings. The highest BCUT2D eigenvalue weighted by molar-refractivity contribution is 5.68. The first-order valence-electron chi connectivity index (χ1n) is 14.5. The number of rotatable bonds is 6. The van der Waals surface area contributed by atoms with Crippen molar-refractivity contribution in [3.05, 3.63) is 94.8 Å². The van der Waals surface area contributed by atoms with Gasteiger partial charge in [0.05, 0.1) is 12.2 Å². The maximum Gasteiger partial charge on any atom is 0.410 e. The van der Waals surface area contributed by atoms with Gasteiger partial charge >= 0.3 is 11.8 Å². The number of piperidine rings is 1. The SMILES string of the molecule is CC(C)(C)OC(=O)N1CCC2(CC1)CN(c1cc(Oc3ccc(-n4ncn(Cc5c(F)cccc5F)c4=O)cc3)ccn1)C2. The van der Waals surface area contributed by atoms with Gasteiger partial charge in [0.15, 0.2) is 0 Å². The molecule has 0 atom stereocenters. The molecule has 0 radical (unpaired) electrons. The lowest BCUT2D eigenvalue weighted by atomic mass is 9.72. The Bertz CT molecular complexity index is 1690. The van der Waals surface area contributed by atoms with Crippen LogP contribution in [0.5, 0.6) is 11.5 Å². The van der Waals surface area contributed by atoms with Crippen molar-refractivity contribution in [2.24, 2.45) is 5.41 Å². The summed E-state index contributed by atoms with van der Waals surface area (Å²) in [5.74, 6) is 0.556. The summed E-state index contributed by atoms with van der Waals surface area (Å²) in [4.78, 5) is 33.8. The predicted octanol–water partition coefficient (Wildman–Crippen LogP) is 5.39. The number of ether oxygens (including phenoxy) is 2. The highest BCUT2D eigenvalue weighted by Crippen LogP contribution is 2.43. The molecule has 44 heavy (non-hydrogen) atoms. The third-order valence-corrected chi connectivity index (χ3v) is 8.01. The van der Waals surface area contributed by atoms with E-state index in [0.29, 0.717) is 30.3 Å². The van der Waals surface area contributed by atoms with E-state index in [9.17, 15) is 18.4 Å². The second-order valence-corrected chi connectivity index (χ2v) is 12.4. The first-order chi connectivity index (χ1) is 21.0. The molecule has 10 nitrogen and oxygen atoms in total. The molecular weight excluding hydrogens is 570 g/mol. The summed E-state index contributed by atoms with van der Waals surface area (Å²) in [7, 11) is 0. The monoisotopic (exact) mass is 604 g/mol. The van der Waals surface area contributed by atoms with Crippen molar-refractivity contribution in [1.82, 2.24) is 24.2 Å². The van der Waals surface area contributed by atoms with Crippen molar-refractivity contribution in [1.29, 1.82) is 0 Å². The van der Waals surface area contributed by atoms with E-state index in [0.717, 1.165) is 53.1 Å². The minimum absolute atomic E-state index is 0.168. The Morgan fingerprint density at radius 2 is 1.66 bits per heavy atom. The summed E-state index contributed by atoms with van der Waals surface area (Å²) in [6, 6.07) is 14.0. The van der Waals surface area contributed by atoms with Crippen LogP contribution in [0.3, 0.4) is 0 Å². The largest absolute Gasteiger partial charge is 0.457 e. The Morgan fingerprint density at radius 3 is 2.32 bits per heavy atom. The molecule has 12 heteroatoms. The van der Waals surface area contributed by atoms with Crippen LogP contribution < -0.4 is 15.3 Å². The average Bonchev–Trinajstić information content (AvgIpc) is 3.33. The summed E-state index contributed by atoms with van der Waals surface area (Å²) in [5.41, 5.74) is -0.581. The number of hydrogen-bond donors (Lipinski definition) is 0. The fraction of sp³-hybridized carbons (Fsp3) is 0.375. The molecule has 2 aliphatic rings. The fourth-order valence-electron chi connectivity index (χ4n) is 5.63. The van der Waals surface area contributed by atoms with Gasteiger partial charge in [0.25, 0.3) is 0 Å². The summed E-state index contributed by atoms with van der Waals surface area (Å²) in [6.07, 6.45) is 4.56. The van der Waals surface area contributed by atoms with Crippen LogP contribution >= 0.6 is 0 Å². The van der Waals surface area contributed by atoms with E-state index in [4.69, 9.17) is 9.47 Å². The number of halogens is 2. The van der Waals surface area contributed by atoms with Crippen LogP contribution in [-0.2, 0) is 11.3 Å². The van der Waals surface area contributed by atoms with E-state index in [2.05, 4.69) is 15.0 Å². The molecule has 6 rings (SSSR count). The number of hydrogen-bond acceptors (Lipinski definition) is 7. The number of benzene rings is 2. The number of aromatic nitrogens is 4. The van der Waals surface area contributed by atoms with Crippen LogP contribution in [0.4, 0.5) is 19.4 Å². The van der Waals surface area contributed by atoms with Gasteiger partial charge in [0.2, 0.25) is 0 Å². The molecule has 4 heterocycles. The molecule has 0 aliphatic carbocycles. The minimum Gasteiger partial charge on any atom is -0.457 e. The molecular formula is C32H34F2N6O4. The van der Waals surface area contributed by atoms with Gasteiger partial charge in [-0.2, -0.15) is 9.78 Å². The summed E-state index contributed by atoms with van der Waals surface area (Å²) < 4.78 is 42.0. The van der Waals surface area contributed by atoms with E-state index in [1.165, 1.54) is 12.4 Å². The fourth-order valence-corrected chi connectivity index (χ4v) is 5.63. The molecule has 2 aliphatic heterocycles. The molecule has 1 amide bonds. The normalized spacial score (nSPS) is 16.1. The maximum absolute atomic E-state index is 14.1. The van der Waals surface area contributed by atoms with E-state index in [1.807, 2.05) is 26.8 Å².